The van der Waals surface area contributed by atoms with Crippen LogP contribution in [0.3, 0.4) is 0 Å². The van der Waals surface area contributed by atoms with Crippen molar-refractivity contribution < 1.29 is 4.42 Å². The molecular formula is C30H19BrO. The van der Waals surface area contributed by atoms with Crippen molar-refractivity contribution in [3.05, 3.63) is 130 Å². The Hall–Kier alpha value is -3.62. The molecule has 1 heterocycles. The fourth-order valence-electron chi connectivity index (χ4n) is 4.40. The predicted molar refractivity (Wildman–Crippen MR) is 139 cm³/mol. The highest BCUT2D eigenvalue weighted by atomic mass is 79.9. The molecule has 6 rings (SSSR count). The third-order valence-corrected chi connectivity index (χ3v) is 6.48. The lowest BCUT2D eigenvalue weighted by Crippen LogP contribution is -1.89. The Morgan fingerprint density at radius 3 is 2.22 bits per heavy atom. The summed E-state index contributed by atoms with van der Waals surface area (Å²) in [7, 11) is 0. The third kappa shape index (κ3) is 3.34. The SMILES string of the molecule is Brc1ccc(/C(=C\c2cccc3oc4ccccc4c23)c2ccc3ccccc3c2)cc1. The second-order valence-corrected chi connectivity index (χ2v) is 8.86. The van der Waals surface area contributed by atoms with Gasteiger partial charge in [-0.3, -0.25) is 0 Å². The van der Waals surface area contributed by atoms with E-state index >= 15 is 0 Å². The summed E-state index contributed by atoms with van der Waals surface area (Å²) in [6.45, 7) is 0. The molecule has 0 aliphatic rings. The van der Waals surface area contributed by atoms with E-state index in [1.807, 2.05) is 18.2 Å². The highest BCUT2D eigenvalue weighted by molar-refractivity contribution is 9.10. The number of fused-ring (bicyclic) bond motifs is 4. The highest BCUT2D eigenvalue weighted by Crippen LogP contribution is 2.35. The minimum absolute atomic E-state index is 0.911. The molecule has 1 aromatic heterocycles. The summed E-state index contributed by atoms with van der Waals surface area (Å²) in [5.41, 5.74) is 6.52. The second kappa shape index (κ2) is 7.81. The first-order chi connectivity index (χ1) is 15.8. The fraction of sp³-hybridized carbons (Fsp3) is 0. The van der Waals surface area contributed by atoms with E-state index in [9.17, 15) is 0 Å². The van der Waals surface area contributed by atoms with Gasteiger partial charge in [0.05, 0.1) is 0 Å². The van der Waals surface area contributed by atoms with Crippen LogP contribution in [-0.4, -0.2) is 0 Å². The van der Waals surface area contributed by atoms with Gasteiger partial charge < -0.3 is 4.42 Å². The molecule has 0 aliphatic carbocycles. The van der Waals surface area contributed by atoms with Crippen LogP contribution < -0.4 is 0 Å². The third-order valence-electron chi connectivity index (χ3n) is 5.95. The summed E-state index contributed by atoms with van der Waals surface area (Å²) in [6.07, 6.45) is 2.29. The lowest BCUT2D eigenvalue weighted by atomic mass is 9.93. The minimum atomic E-state index is 0.911. The van der Waals surface area contributed by atoms with Gasteiger partial charge in [0.2, 0.25) is 0 Å². The Labute approximate surface area is 194 Å². The summed E-state index contributed by atoms with van der Waals surface area (Å²) in [6, 6.07) is 38.2. The van der Waals surface area contributed by atoms with Crippen molar-refractivity contribution in [2.45, 2.75) is 0 Å². The maximum atomic E-state index is 6.12. The molecule has 0 fully saturated rings. The van der Waals surface area contributed by atoms with Crippen LogP contribution in [0.1, 0.15) is 16.7 Å². The summed E-state index contributed by atoms with van der Waals surface area (Å²) in [5, 5.41) is 4.77. The molecule has 2 heteroatoms. The van der Waals surface area contributed by atoms with Gasteiger partial charge in [0, 0.05) is 15.2 Å². The number of halogens is 1. The first-order valence-electron chi connectivity index (χ1n) is 10.6. The van der Waals surface area contributed by atoms with Gasteiger partial charge in [-0.05, 0) is 69.4 Å². The van der Waals surface area contributed by atoms with E-state index in [0.29, 0.717) is 0 Å². The van der Waals surface area contributed by atoms with E-state index in [0.717, 1.165) is 32.0 Å². The normalized spacial score (nSPS) is 12.1. The first-order valence-corrected chi connectivity index (χ1v) is 11.4. The summed E-state index contributed by atoms with van der Waals surface area (Å²) >= 11 is 3.57. The number of para-hydroxylation sites is 1. The number of benzene rings is 5. The van der Waals surface area contributed by atoms with Gasteiger partial charge in [0.15, 0.2) is 0 Å². The van der Waals surface area contributed by atoms with Gasteiger partial charge in [-0.15, -0.1) is 0 Å². The largest absolute Gasteiger partial charge is 0.456 e. The van der Waals surface area contributed by atoms with E-state index in [-0.39, 0.29) is 0 Å². The summed E-state index contributed by atoms with van der Waals surface area (Å²) < 4.78 is 7.20. The van der Waals surface area contributed by atoms with Gasteiger partial charge >= 0.3 is 0 Å². The van der Waals surface area contributed by atoms with Crippen molar-refractivity contribution in [2.75, 3.05) is 0 Å². The summed E-state index contributed by atoms with van der Waals surface area (Å²) in [5.74, 6) is 0. The van der Waals surface area contributed by atoms with E-state index in [1.165, 1.54) is 27.5 Å². The molecule has 0 saturated heterocycles. The van der Waals surface area contributed by atoms with Crippen LogP contribution in [0.5, 0.6) is 0 Å². The standard InChI is InChI=1S/C30H19BrO/c31-25-16-14-21(15-17-25)27(23-13-12-20-6-1-2-7-22(20)18-23)19-24-8-5-11-29-30(24)26-9-3-4-10-28(26)32-29/h1-19H/b27-19+. The molecule has 0 aliphatic heterocycles. The zero-order valence-corrected chi connectivity index (χ0v) is 18.8. The second-order valence-electron chi connectivity index (χ2n) is 7.95. The van der Waals surface area contributed by atoms with Crippen LogP contribution >= 0.6 is 15.9 Å². The molecule has 0 radical (unpaired) electrons. The molecule has 32 heavy (non-hydrogen) atoms. The number of hydrogen-bond acceptors (Lipinski definition) is 1. The molecule has 0 saturated carbocycles. The average molecular weight is 475 g/mol. The van der Waals surface area contributed by atoms with Gasteiger partial charge in [-0.25, -0.2) is 0 Å². The van der Waals surface area contributed by atoms with Crippen LogP contribution in [0.2, 0.25) is 0 Å². The molecule has 5 aromatic carbocycles. The van der Waals surface area contributed by atoms with E-state index < -0.39 is 0 Å². The zero-order valence-electron chi connectivity index (χ0n) is 17.3. The molecule has 0 atom stereocenters. The molecule has 6 aromatic rings. The monoisotopic (exact) mass is 474 g/mol. The first kappa shape index (κ1) is 19.1. The maximum absolute atomic E-state index is 6.12. The average Bonchev–Trinajstić information content (AvgIpc) is 3.22. The maximum Gasteiger partial charge on any atom is 0.136 e. The predicted octanol–water partition coefficient (Wildman–Crippen LogP) is 9.09. The van der Waals surface area contributed by atoms with E-state index in [2.05, 4.69) is 113 Å². The number of furan rings is 1. The Morgan fingerprint density at radius 2 is 1.34 bits per heavy atom. The van der Waals surface area contributed by atoms with Gasteiger partial charge in [0.25, 0.3) is 0 Å². The molecule has 0 unspecified atom stereocenters. The molecule has 152 valence electrons. The Morgan fingerprint density at radius 1 is 0.625 bits per heavy atom. The van der Waals surface area contributed by atoms with Crippen LogP contribution in [0.4, 0.5) is 0 Å². The van der Waals surface area contributed by atoms with E-state index in [4.69, 9.17) is 4.42 Å². The quantitative estimate of drug-likeness (QED) is 0.233. The zero-order chi connectivity index (χ0) is 21.5. The minimum Gasteiger partial charge on any atom is -0.456 e. The van der Waals surface area contributed by atoms with E-state index in [1.54, 1.807) is 0 Å². The lowest BCUT2D eigenvalue weighted by molar-refractivity contribution is 0.669. The number of rotatable bonds is 3. The van der Waals surface area contributed by atoms with Gasteiger partial charge in [-0.2, -0.15) is 0 Å². The van der Waals surface area contributed by atoms with Crippen molar-refractivity contribution in [1.29, 1.82) is 0 Å². The smallest absolute Gasteiger partial charge is 0.136 e. The Balaban J connectivity index is 1.63. The van der Waals surface area contributed by atoms with Crippen molar-refractivity contribution in [2.24, 2.45) is 0 Å². The van der Waals surface area contributed by atoms with Crippen LogP contribution in [-0.2, 0) is 0 Å². The van der Waals surface area contributed by atoms with Crippen LogP contribution in [0, 0.1) is 0 Å². The molecule has 0 amide bonds. The van der Waals surface area contributed by atoms with Crippen molar-refractivity contribution >= 4 is 60.3 Å². The molecule has 0 spiro atoms. The summed E-state index contributed by atoms with van der Waals surface area (Å²) in [4.78, 5) is 0. The van der Waals surface area contributed by atoms with Crippen molar-refractivity contribution in [3.63, 3.8) is 0 Å². The topological polar surface area (TPSA) is 13.1 Å². The van der Waals surface area contributed by atoms with Crippen LogP contribution in [0.15, 0.2) is 118 Å². The highest BCUT2D eigenvalue weighted by Gasteiger charge is 2.12. The van der Waals surface area contributed by atoms with Crippen molar-refractivity contribution in [3.8, 4) is 0 Å². The van der Waals surface area contributed by atoms with Crippen LogP contribution in [0.25, 0.3) is 44.4 Å². The fourth-order valence-corrected chi connectivity index (χ4v) is 4.66. The Kier molecular flexibility index (Phi) is 4.66. The lowest BCUT2D eigenvalue weighted by Gasteiger charge is -2.11. The Bertz CT molecular complexity index is 1620. The molecule has 1 nitrogen and oxygen atoms in total. The molecular weight excluding hydrogens is 456 g/mol. The number of hydrogen-bond donors (Lipinski definition) is 0. The van der Waals surface area contributed by atoms with Gasteiger partial charge in [-0.1, -0.05) is 94.8 Å². The molecule has 0 bridgehead atoms. The van der Waals surface area contributed by atoms with Gasteiger partial charge in [0.1, 0.15) is 11.2 Å². The molecule has 0 N–H and O–H groups in total. The van der Waals surface area contributed by atoms with Crippen molar-refractivity contribution in [1.82, 2.24) is 0 Å².